The molecule has 0 saturated carbocycles. The highest BCUT2D eigenvalue weighted by atomic mass is 35.5. The first-order chi connectivity index (χ1) is 18.0. The number of ether oxygens (including phenoxy) is 3. The fourth-order valence-electron chi connectivity index (χ4n) is 4.97. The molecule has 0 radical (unpaired) electrons. The highest BCUT2D eigenvalue weighted by Crippen LogP contribution is 2.46. The zero-order valence-corrected chi connectivity index (χ0v) is 21.0. The van der Waals surface area contributed by atoms with Crippen molar-refractivity contribution in [2.45, 2.75) is 37.8 Å². The van der Waals surface area contributed by atoms with Crippen LogP contribution in [0.2, 0.25) is 5.02 Å². The summed E-state index contributed by atoms with van der Waals surface area (Å²) >= 11 is 5.65. The van der Waals surface area contributed by atoms with E-state index in [1.165, 1.54) is 23.1 Å². The molecule has 198 valence electrons. The third-order valence-electron chi connectivity index (χ3n) is 6.80. The Morgan fingerprint density at radius 1 is 1.34 bits per heavy atom. The number of benzene rings is 2. The van der Waals surface area contributed by atoms with Crippen LogP contribution in [0.3, 0.4) is 0 Å². The Labute approximate surface area is 221 Å². The number of morpholine rings is 1. The summed E-state index contributed by atoms with van der Waals surface area (Å²) in [6.45, 7) is 7.34. The number of amides is 2. The highest BCUT2D eigenvalue weighted by Gasteiger charge is 2.58. The molecule has 8 nitrogen and oxygen atoms in total. The van der Waals surface area contributed by atoms with Gasteiger partial charge in [-0.1, -0.05) is 24.2 Å². The summed E-state index contributed by atoms with van der Waals surface area (Å²) in [7, 11) is 0. The van der Waals surface area contributed by atoms with Crippen molar-refractivity contribution in [1.29, 1.82) is 5.26 Å². The Balaban J connectivity index is 1.22. The molecular weight excluding hydrogens is 525 g/mol. The van der Waals surface area contributed by atoms with Crippen LogP contribution in [-0.2, 0) is 22.3 Å². The van der Waals surface area contributed by atoms with E-state index < -0.39 is 22.8 Å². The summed E-state index contributed by atoms with van der Waals surface area (Å²) in [5.41, 5.74) is -0.602. The van der Waals surface area contributed by atoms with Gasteiger partial charge in [0.2, 0.25) is 0 Å². The lowest BCUT2D eigenvalue weighted by Gasteiger charge is -2.31. The fraction of sp³-hybridized carbons (Fsp3) is 0.346. The lowest BCUT2D eigenvalue weighted by Crippen LogP contribution is -2.44. The number of nitriles is 1. The number of hydrogen-bond acceptors (Lipinski definition) is 6. The van der Waals surface area contributed by atoms with Crippen LogP contribution in [0.15, 0.2) is 53.8 Å². The number of carbonyl (C=O) groups excluding carboxylic acids is 1. The Hall–Kier alpha value is -3.75. The van der Waals surface area contributed by atoms with Crippen LogP contribution in [0.25, 0.3) is 0 Å². The monoisotopic (exact) mass is 546 g/mol. The number of nitrogens with zero attached hydrogens (tertiary/aromatic N) is 4. The molecule has 2 aromatic carbocycles. The average molecular weight is 547 g/mol. The molecule has 5 rings (SSSR count). The van der Waals surface area contributed by atoms with E-state index in [4.69, 9.17) is 25.8 Å². The van der Waals surface area contributed by atoms with Crippen molar-refractivity contribution < 1.29 is 32.2 Å². The van der Waals surface area contributed by atoms with Crippen molar-refractivity contribution in [3.63, 3.8) is 0 Å². The maximum absolute atomic E-state index is 13.1. The predicted molar refractivity (Wildman–Crippen MR) is 131 cm³/mol. The molecule has 0 aromatic heterocycles. The van der Waals surface area contributed by atoms with Gasteiger partial charge in [-0.25, -0.2) is 4.79 Å². The number of fused-ring (bicyclic) bond motifs is 1. The SMILES string of the molecule is C=C1N(C(=O)/N=C(\C)OCc2ccc(Oc3ccc(Cl)c(C(F)(F)F)c3)c(C#N)c2)C[C@]23CO[C@H](CN12)C3. The molecule has 12 heteroatoms. The summed E-state index contributed by atoms with van der Waals surface area (Å²) in [4.78, 5) is 20.5. The first kappa shape index (κ1) is 25.9. The zero-order chi connectivity index (χ0) is 27.2. The molecule has 3 aliphatic rings. The van der Waals surface area contributed by atoms with Crippen molar-refractivity contribution in [1.82, 2.24) is 9.80 Å². The summed E-state index contributed by atoms with van der Waals surface area (Å²) < 4.78 is 56.3. The number of carbonyl (C=O) groups is 1. The number of urea groups is 1. The Morgan fingerprint density at radius 2 is 2.13 bits per heavy atom. The quantitative estimate of drug-likeness (QED) is 0.361. The van der Waals surface area contributed by atoms with Crippen LogP contribution in [-0.4, -0.2) is 53.1 Å². The van der Waals surface area contributed by atoms with Gasteiger partial charge in [-0.2, -0.15) is 23.4 Å². The van der Waals surface area contributed by atoms with E-state index in [-0.39, 0.29) is 41.2 Å². The molecule has 2 amide bonds. The molecule has 2 bridgehead atoms. The summed E-state index contributed by atoms with van der Waals surface area (Å²) in [6, 6.07) is 9.14. The molecule has 0 aliphatic carbocycles. The molecule has 3 aliphatic heterocycles. The maximum Gasteiger partial charge on any atom is 0.417 e. The molecule has 2 aromatic rings. The van der Waals surface area contributed by atoms with Crippen molar-refractivity contribution in [2.75, 3.05) is 19.7 Å². The lowest BCUT2D eigenvalue weighted by atomic mass is 10.0. The van der Waals surface area contributed by atoms with Gasteiger partial charge in [0.1, 0.15) is 30.0 Å². The molecule has 3 heterocycles. The molecule has 3 fully saturated rings. The van der Waals surface area contributed by atoms with Gasteiger partial charge in [-0.05, 0) is 35.9 Å². The second-order valence-corrected chi connectivity index (χ2v) is 9.77. The van der Waals surface area contributed by atoms with Gasteiger partial charge >= 0.3 is 12.2 Å². The fourth-order valence-corrected chi connectivity index (χ4v) is 5.20. The molecule has 38 heavy (non-hydrogen) atoms. The Kier molecular flexibility index (Phi) is 6.49. The standard InChI is InChI=1S/C26H22ClF3N4O4/c1-15(32-24(35)33-13-25-9-20(37-14-25)11-34(25)16(33)2)36-12-17-3-6-23(18(7-17)10-31)38-19-4-5-22(27)21(8-19)26(28,29)30/h3-8,20H,2,9,11-14H2,1H3/b32-15+/t20-,25+/m0/s1. The average Bonchev–Trinajstić information content (AvgIpc) is 3.53. The van der Waals surface area contributed by atoms with Crippen LogP contribution < -0.4 is 4.74 Å². The van der Waals surface area contributed by atoms with Gasteiger partial charge in [0.15, 0.2) is 5.90 Å². The molecule has 0 N–H and O–H groups in total. The predicted octanol–water partition coefficient (Wildman–Crippen LogP) is 5.71. The van der Waals surface area contributed by atoms with Gasteiger partial charge < -0.3 is 19.1 Å². The minimum atomic E-state index is -4.65. The van der Waals surface area contributed by atoms with E-state index in [2.05, 4.69) is 16.5 Å². The number of halogens is 4. The zero-order valence-electron chi connectivity index (χ0n) is 20.2. The third-order valence-corrected chi connectivity index (χ3v) is 7.13. The van der Waals surface area contributed by atoms with Crippen LogP contribution in [0, 0.1) is 11.3 Å². The second kappa shape index (κ2) is 9.53. The van der Waals surface area contributed by atoms with Crippen LogP contribution in [0.5, 0.6) is 11.5 Å². The van der Waals surface area contributed by atoms with Crippen LogP contribution in [0.1, 0.15) is 30.0 Å². The van der Waals surface area contributed by atoms with Gasteiger partial charge in [0.25, 0.3) is 0 Å². The molecule has 0 unspecified atom stereocenters. The minimum Gasteiger partial charge on any atom is -0.476 e. The number of hydrogen-bond donors (Lipinski definition) is 0. The van der Waals surface area contributed by atoms with Gasteiger partial charge in [-0.3, -0.25) is 4.90 Å². The van der Waals surface area contributed by atoms with E-state index >= 15 is 0 Å². The Bertz CT molecular complexity index is 1390. The maximum atomic E-state index is 13.1. The summed E-state index contributed by atoms with van der Waals surface area (Å²) in [5, 5.41) is 9.08. The smallest absolute Gasteiger partial charge is 0.417 e. The van der Waals surface area contributed by atoms with Crippen LogP contribution in [0.4, 0.5) is 18.0 Å². The van der Waals surface area contributed by atoms with Crippen molar-refractivity contribution in [3.05, 3.63) is 70.5 Å². The number of aliphatic imine (C=N–C) groups is 1. The van der Waals surface area contributed by atoms with E-state index in [1.54, 1.807) is 13.0 Å². The van der Waals surface area contributed by atoms with E-state index in [1.807, 2.05) is 6.07 Å². The number of rotatable bonds is 4. The summed E-state index contributed by atoms with van der Waals surface area (Å²) in [6.07, 6.45) is -3.61. The molecule has 2 atom stereocenters. The van der Waals surface area contributed by atoms with E-state index in [0.29, 0.717) is 31.1 Å². The molecular formula is C26H22ClF3N4O4. The summed E-state index contributed by atoms with van der Waals surface area (Å²) in [5.74, 6) is 0.687. The van der Waals surface area contributed by atoms with Crippen molar-refractivity contribution in [2.24, 2.45) is 4.99 Å². The van der Waals surface area contributed by atoms with Crippen LogP contribution >= 0.6 is 11.6 Å². The van der Waals surface area contributed by atoms with Gasteiger partial charge in [-0.15, -0.1) is 0 Å². The largest absolute Gasteiger partial charge is 0.476 e. The number of alkyl halides is 3. The Morgan fingerprint density at radius 3 is 2.82 bits per heavy atom. The first-order valence-corrected chi connectivity index (χ1v) is 12.0. The lowest BCUT2D eigenvalue weighted by molar-refractivity contribution is -0.137. The normalized spacial score (nSPS) is 22.5. The minimum absolute atomic E-state index is 0.00324. The van der Waals surface area contributed by atoms with E-state index in [0.717, 1.165) is 18.6 Å². The van der Waals surface area contributed by atoms with E-state index in [9.17, 15) is 23.2 Å². The topological polar surface area (TPSA) is 87.4 Å². The molecule has 3 saturated heterocycles. The highest BCUT2D eigenvalue weighted by molar-refractivity contribution is 6.31. The first-order valence-electron chi connectivity index (χ1n) is 11.6. The van der Waals surface area contributed by atoms with Gasteiger partial charge in [0, 0.05) is 19.9 Å². The second-order valence-electron chi connectivity index (χ2n) is 9.36. The third kappa shape index (κ3) is 4.77. The van der Waals surface area contributed by atoms with Crippen molar-refractivity contribution >= 4 is 23.5 Å². The van der Waals surface area contributed by atoms with Gasteiger partial charge in [0.05, 0.1) is 40.9 Å². The van der Waals surface area contributed by atoms with Crippen molar-refractivity contribution in [3.8, 4) is 17.6 Å². The molecule has 1 spiro atoms.